The van der Waals surface area contributed by atoms with Crippen LogP contribution in [0, 0.1) is 0 Å². The van der Waals surface area contributed by atoms with Crippen molar-refractivity contribution in [1.29, 1.82) is 0 Å². The number of nitrogens with zero attached hydrogens (tertiary/aromatic N) is 5. The first-order chi connectivity index (χ1) is 13.6. The van der Waals surface area contributed by atoms with Crippen LogP contribution in [-0.2, 0) is 16.6 Å². The zero-order chi connectivity index (χ0) is 19.4. The maximum absolute atomic E-state index is 12.7. The molecule has 3 aromatic rings. The van der Waals surface area contributed by atoms with Crippen LogP contribution in [0.1, 0.15) is 5.56 Å². The lowest BCUT2D eigenvalue weighted by Gasteiger charge is -2.33. The van der Waals surface area contributed by atoms with Gasteiger partial charge in [0, 0.05) is 56.9 Å². The SMILES string of the molecule is O=S(=O)(c1ccccc1)N1CCN(Cc2cnc(-c3ccccn3)nc2)CC1. The van der Waals surface area contributed by atoms with Crippen LogP contribution in [0.2, 0.25) is 0 Å². The first-order valence-corrected chi connectivity index (χ1v) is 10.6. The zero-order valence-corrected chi connectivity index (χ0v) is 16.2. The molecule has 1 aliphatic rings. The second-order valence-corrected chi connectivity index (χ2v) is 8.56. The largest absolute Gasteiger partial charge is 0.296 e. The molecule has 0 saturated carbocycles. The highest BCUT2D eigenvalue weighted by atomic mass is 32.2. The molecular weight excluding hydrogens is 374 g/mol. The van der Waals surface area contributed by atoms with Gasteiger partial charge in [-0.25, -0.2) is 18.4 Å². The molecule has 8 heteroatoms. The summed E-state index contributed by atoms with van der Waals surface area (Å²) in [7, 11) is -3.42. The molecule has 7 nitrogen and oxygen atoms in total. The maximum atomic E-state index is 12.7. The minimum atomic E-state index is -3.42. The highest BCUT2D eigenvalue weighted by Gasteiger charge is 2.28. The van der Waals surface area contributed by atoms with E-state index in [1.807, 2.05) is 36.7 Å². The lowest BCUT2D eigenvalue weighted by molar-refractivity contribution is 0.181. The number of hydrogen-bond acceptors (Lipinski definition) is 6. The smallest absolute Gasteiger partial charge is 0.243 e. The minimum Gasteiger partial charge on any atom is -0.296 e. The standard InChI is InChI=1S/C20H21N5O2S/c26-28(27,18-6-2-1-3-7-18)25-12-10-24(11-13-25)16-17-14-22-20(23-15-17)19-8-4-5-9-21-19/h1-9,14-15H,10-13,16H2. The molecule has 3 heterocycles. The highest BCUT2D eigenvalue weighted by molar-refractivity contribution is 7.89. The highest BCUT2D eigenvalue weighted by Crippen LogP contribution is 2.18. The molecule has 28 heavy (non-hydrogen) atoms. The first-order valence-electron chi connectivity index (χ1n) is 9.13. The van der Waals surface area contributed by atoms with Gasteiger partial charge in [-0.3, -0.25) is 9.88 Å². The van der Waals surface area contributed by atoms with Gasteiger partial charge in [-0.2, -0.15) is 4.31 Å². The Bertz CT molecular complexity index is 1000. The predicted octanol–water partition coefficient (Wildman–Crippen LogP) is 2.05. The van der Waals surface area contributed by atoms with E-state index in [0.717, 1.165) is 11.3 Å². The van der Waals surface area contributed by atoms with Gasteiger partial charge in [0.1, 0.15) is 5.69 Å². The molecular formula is C20H21N5O2S. The summed E-state index contributed by atoms with van der Waals surface area (Å²) in [4.78, 5) is 15.6. The first kappa shape index (κ1) is 18.7. The molecule has 0 unspecified atom stereocenters. The molecule has 0 N–H and O–H groups in total. The third kappa shape index (κ3) is 4.09. The van der Waals surface area contributed by atoms with Crippen molar-refractivity contribution in [2.45, 2.75) is 11.4 Å². The summed E-state index contributed by atoms with van der Waals surface area (Å²) >= 11 is 0. The van der Waals surface area contributed by atoms with Gasteiger partial charge in [-0.05, 0) is 24.3 Å². The average Bonchev–Trinajstić information content (AvgIpc) is 2.76. The maximum Gasteiger partial charge on any atom is 0.243 e. The van der Waals surface area contributed by atoms with Gasteiger partial charge >= 0.3 is 0 Å². The van der Waals surface area contributed by atoms with Crippen molar-refractivity contribution < 1.29 is 8.42 Å². The summed E-state index contributed by atoms with van der Waals surface area (Å²) in [5, 5.41) is 0. The fourth-order valence-electron chi connectivity index (χ4n) is 3.19. The van der Waals surface area contributed by atoms with E-state index in [1.54, 1.807) is 34.8 Å². The Balaban J connectivity index is 1.36. The molecule has 144 valence electrons. The van der Waals surface area contributed by atoms with Crippen molar-refractivity contribution in [3.05, 3.63) is 72.7 Å². The fourth-order valence-corrected chi connectivity index (χ4v) is 4.63. The van der Waals surface area contributed by atoms with Crippen LogP contribution in [0.3, 0.4) is 0 Å². The van der Waals surface area contributed by atoms with Crippen LogP contribution < -0.4 is 0 Å². The Kier molecular flexibility index (Phi) is 5.43. The van der Waals surface area contributed by atoms with Crippen molar-refractivity contribution in [1.82, 2.24) is 24.2 Å². The third-order valence-electron chi connectivity index (χ3n) is 4.72. The lowest BCUT2D eigenvalue weighted by atomic mass is 10.2. The molecule has 1 fully saturated rings. The van der Waals surface area contributed by atoms with Crippen LogP contribution in [-0.4, -0.2) is 58.8 Å². The summed E-state index contributed by atoms with van der Waals surface area (Å²) in [6.07, 6.45) is 5.34. The minimum absolute atomic E-state index is 0.349. The molecule has 0 spiro atoms. The summed E-state index contributed by atoms with van der Waals surface area (Å²) in [5.74, 6) is 0.600. The Labute approximate surface area is 164 Å². The van der Waals surface area contributed by atoms with E-state index in [1.165, 1.54) is 0 Å². The Morgan fingerprint density at radius 1 is 0.821 bits per heavy atom. The zero-order valence-electron chi connectivity index (χ0n) is 15.3. The molecule has 0 aliphatic carbocycles. The van der Waals surface area contributed by atoms with Crippen LogP contribution >= 0.6 is 0 Å². The average molecular weight is 395 g/mol. The lowest BCUT2D eigenvalue weighted by Crippen LogP contribution is -2.48. The summed E-state index contributed by atoms with van der Waals surface area (Å²) in [6.45, 7) is 3.00. The molecule has 1 aliphatic heterocycles. The van der Waals surface area contributed by atoms with E-state index in [2.05, 4.69) is 19.9 Å². The van der Waals surface area contributed by atoms with Crippen LogP contribution in [0.5, 0.6) is 0 Å². The number of pyridine rings is 1. The Hall–Kier alpha value is -2.68. The van der Waals surface area contributed by atoms with Gasteiger partial charge < -0.3 is 0 Å². The van der Waals surface area contributed by atoms with E-state index >= 15 is 0 Å². The summed E-state index contributed by atoms with van der Waals surface area (Å²) in [6, 6.07) is 14.2. The number of piperazine rings is 1. The molecule has 1 aromatic carbocycles. The second kappa shape index (κ2) is 8.14. The van der Waals surface area contributed by atoms with Crippen molar-refractivity contribution in [3.63, 3.8) is 0 Å². The van der Waals surface area contributed by atoms with E-state index in [-0.39, 0.29) is 0 Å². The normalized spacial score (nSPS) is 16.1. The number of sulfonamides is 1. The predicted molar refractivity (Wildman–Crippen MR) is 106 cm³/mol. The number of benzene rings is 1. The molecule has 2 aromatic heterocycles. The van der Waals surface area contributed by atoms with Crippen LogP contribution in [0.15, 0.2) is 72.0 Å². The topological polar surface area (TPSA) is 79.3 Å². The Morgan fingerprint density at radius 3 is 2.14 bits per heavy atom. The van der Waals surface area contributed by atoms with Gasteiger partial charge in [0.15, 0.2) is 5.82 Å². The van der Waals surface area contributed by atoms with Crippen LogP contribution in [0.25, 0.3) is 11.5 Å². The van der Waals surface area contributed by atoms with Crippen LogP contribution in [0.4, 0.5) is 0 Å². The summed E-state index contributed by atoms with van der Waals surface area (Å²) < 4.78 is 27.0. The van der Waals surface area contributed by atoms with Crippen molar-refractivity contribution in [2.75, 3.05) is 26.2 Å². The van der Waals surface area contributed by atoms with E-state index in [4.69, 9.17) is 0 Å². The molecule has 0 amide bonds. The number of aromatic nitrogens is 3. The quantitative estimate of drug-likeness (QED) is 0.658. The van der Waals surface area contributed by atoms with Crippen molar-refractivity contribution in [3.8, 4) is 11.5 Å². The van der Waals surface area contributed by atoms with Crippen molar-refractivity contribution >= 4 is 10.0 Å². The van der Waals surface area contributed by atoms with E-state index in [0.29, 0.717) is 43.4 Å². The van der Waals surface area contributed by atoms with Gasteiger partial charge in [-0.1, -0.05) is 24.3 Å². The van der Waals surface area contributed by atoms with Gasteiger partial charge in [0.05, 0.1) is 4.90 Å². The Morgan fingerprint density at radius 2 is 1.50 bits per heavy atom. The third-order valence-corrected chi connectivity index (χ3v) is 6.63. The van der Waals surface area contributed by atoms with Crippen molar-refractivity contribution in [2.24, 2.45) is 0 Å². The summed E-state index contributed by atoms with van der Waals surface area (Å²) in [5.41, 5.74) is 1.74. The second-order valence-electron chi connectivity index (χ2n) is 6.62. The van der Waals surface area contributed by atoms with E-state index < -0.39 is 10.0 Å². The number of rotatable bonds is 5. The molecule has 1 saturated heterocycles. The van der Waals surface area contributed by atoms with E-state index in [9.17, 15) is 8.42 Å². The molecule has 4 rings (SSSR count). The van der Waals surface area contributed by atoms with Gasteiger partial charge in [-0.15, -0.1) is 0 Å². The molecule has 0 atom stereocenters. The van der Waals surface area contributed by atoms with Gasteiger partial charge in [0.25, 0.3) is 0 Å². The number of hydrogen-bond donors (Lipinski definition) is 0. The molecule has 0 bridgehead atoms. The fraction of sp³-hybridized carbons (Fsp3) is 0.250. The van der Waals surface area contributed by atoms with Gasteiger partial charge in [0.2, 0.25) is 10.0 Å². The monoisotopic (exact) mass is 395 g/mol. The molecule has 0 radical (unpaired) electrons.